The van der Waals surface area contributed by atoms with E-state index in [1.165, 1.54) is 14.0 Å². The zero-order valence-corrected chi connectivity index (χ0v) is 17.0. The first-order valence-corrected chi connectivity index (χ1v) is 10.7. The second-order valence-electron chi connectivity index (χ2n) is 7.50. The van der Waals surface area contributed by atoms with Gasteiger partial charge in [0, 0.05) is 31.7 Å². The lowest BCUT2D eigenvalue weighted by Crippen LogP contribution is -2.59. The number of aryl methyl sites for hydroxylation is 1. The van der Waals surface area contributed by atoms with Crippen LogP contribution in [0.5, 0.6) is 0 Å². The molecular formula is C17H20ClFN4O3S. The number of benzene rings is 1. The normalized spacial score (nSPS) is 24.7. The smallest absolute Gasteiger partial charge is 0.347 e. The molecule has 10 heteroatoms. The van der Waals surface area contributed by atoms with E-state index < -0.39 is 27.4 Å². The van der Waals surface area contributed by atoms with Crippen molar-refractivity contribution in [1.29, 1.82) is 0 Å². The van der Waals surface area contributed by atoms with Crippen LogP contribution in [0.15, 0.2) is 9.69 Å². The molecule has 2 atom stereocenters. The number of aromatic nitrogens is 2. The van der Waals surface area contributed by atoms with Gasteiger partial charge in [-0.2, -0.15) is 4.98 Å². The molecule has 27 heavy (non-hydrogen) atoms. The van der Waals surface area contributed by atoms with Gasteiger partial charge in [0.1, 0.15) is 5.82 Å². The molecule has 3 heterocycles. The van der Waals surface area contributed by atoms with Crippen LogP contribution in [-0.2, 0) is 16.9 Å². The average molecular weight is 415 g/mol. The van der Waals surface area contributed by atoms with E-state index in [4.69, 9.17) is 11.6 Å². The second kappa shape index (κ2) is 5.89. The van der Waals surface area contributed by atoms with Crippen LogP contribution in [-0.4, -0.2) is 60.8 Å². The first-order valence-electron chi connectivity index (χ1n) is 8.62. The van der Waals surface area contributed by atoms with Crippen molar-refractivity contribution in [3.63, 3.8) is 0 Å². The van der Waals surface area contributed by atoms with Gasteiger partial charge in [-0.25, -0.2) is 17.6 Å². The van der Waals surface area contributed by atoms with Gasteiger partial charge in [0.15, 0.2) is 15.7 Å². The Bertz CT molecular complexity index is 1150. The first-order chi connectivity index (χ1) is 12.5. The maximum Gasteiger partial charge on any atom is 0.349 e. The number of nitrogens with zero attached hydrogens (tertiary/aromatic N) is 4. The molecule has 0 amide bonds. The van der Waals surface area contributed by atoms with E-state index >= 15 is 4.39 Å². The number of rotatable bonds is 0. The fourth-order valence-electron chi connectivity index (χ4n) is 4.36. The summed E-state index contributed by atoms with van der Waals surface area (Å²) in [6, 6.07) is -0.501. The molecule has 2 aliphatic rings. The number of hydrogen-bond donors (Lipinski definition) is 0. The van der Waals surface area contributed by atoms with Crippen LogP contribution in [0.3, 0.4) is 0 Å². The van der Waals surface area contributed by atoms with E-state index in [1.807, 2.05) is 23.8 Å². The molecule has 2 aliphatic heterocycles. The average Bonchev–Trinajstić information content (AvgIpc) is 2.64. The van der Waals surface area contributed by atoms with Crippen LogP contribution in [0, 0.1) is 12.7 Å². The third-order valence-corrected chi connectivity index (χ3v) is 7.95. The molecule has 4 rings (SSSR count). The predicted molar refractivity (Wildman–Crippen MR) is 102 cm³/mol. The fraction of sp³-hybridized carbons (Fsp3) is 0.529. The quantitative estimate of drug-likeness (QED) is 0.605. The number of hydrogen-bond acceptors (Lipinski definition) is 6. The highest BCUT2D eigenvalue weighted by molar-refractivity contribution is 7.91. The van der Waals surface area contributed by atoms with Gasteiger partial charge in [0.2, 0.25) is 0 Å². The van der Waals surface area contributed by atoms with Crippen molar-refractivity contribution in [2.45, 2.75) is 30.8 Å². The van der Waals surface area contributed by atoms with Crippen molar-refractivity contribution in [3.8, 4) is 0 Å². The van der Waals surface area contributed by atoms with Crippen LogP contribution >= 0.6 is 11.6 Å². The zero-order chi connectivity index (χ0) is 19.8. The van der Waals surface area contributed by atoms with Gasteiger partial charge in [-0.3, -0.25) is 4.57 Å². The van der Waals surface area contributed by atoms with Gasteiger partial charge >= 0.3 is 5.69 Å². The molecule has 146 valence electrons. The molecule has 0 spiro atoms. The highest BCUT2D eigenvalue weighted by atomic mass is 35.5. The Kier molecular flexibility index (Phi) is 4.07. The largest absolute Gasteiger partial charge is 0.349 e. The SMILES string of the molecule is Cc1c(Cl)c2c3c(nc(=O)n(C)c3c1F)N1C(C)CN(C)CC1CS2(=O)=O. The Morgan fingerprint density at radius 3 is 2.59 bits per heavy atom. The number of piperazine rings is 1. The minimum absolute atomic E-state index is 0.0138. The summed E-state index contributed by atoms with van der Waals surface area (Å²) in [4.78, 5) is 20.4. The highest BCUT2D eigenvalue weighted by Crippen LogP contribution is 2.43. The topological polar surface area (TPSA) is 75.5 Å². The number of halogens is 2. The molecular weight excluding hydrogens is 395 g/mol. The van der Waals surface area contributed by atoms with Crippen LogP contribution in [0.4, 0.5) is 10.2 Å². The molecule has 2 aromatic rings. The van der Waals surface area contributed by atoms with Crippen molar-refractivity contribution in [2.75, 3.05) is 30.8 Å². The van der Waals surface area contributed by atoms with E-state index in [1.54, 1.807) is 0 Å². The van der Waals surface area contributed by atoms with Crippen LogP contribution in [0.25, 0.3) is 10.9 Å². The Labute approximate surface area is 161 Å². The second-order valence-corrected chi connectivity index (χ2v) is 9.84. The lowest BCUT2D eigenvalue weighted by Gasteiger charge is -2.44. The molecule has 2 unspecified atom stereocenters. The molecule has 0 aliphatic carbocycles. The van der Waals surface area contributed by atoms with E-state index in [-0.39, 0.29) is 44.0 Å². The van der Waals surface area contributed by atoms with E-state index in [0.717, 1.165) is 4.57 Å². The zero-order valence-electron chi connectivity index (χ0n) is 15.5. The third-order valence-electron chi connectivity index (χ3n) is 5.51. The summed E-state index contributed by atoms with van der Waals surface area (Å²) in [6.45, 7) is 4.53. The molecule has 1 aromatic heterocycles. The lowest BCUT2D eigenvalue weighted by atomic mass is 10.1. The van der Waals surface area contributed by atoms with E-state index in [2.05, 4.69) is 4.98 Å². The summed E-state index contributed by atoms with van der Waals surface area (Å²) < 4.78 is 42.7. The third kappa shape index (κ3) is 2.51. The van der Waals surface area contributed by atoms with Crippen LogP contribution < -0.4 is 10.6 Å². The maximum absolute atomic E-state index is 15.1. The van der Waals surface area contributed by atoms with E-state index in [0.29, 0.717) is 13.1 Å². The van der Waals surface area contributed by atoms with Gasteiger partial charge in [0.05, 0.1) is 32.6 Å². The van der Waals surface area contributed by atoms with Crippen LogP contribution in [0.1, 0.15) is 12.5 Å². The summed E-state index contributed by atoms with van der Waals surface area (Å²) in [7, 11) is -0.519. The molecule has 7 nitrogen and oxygen atoms in total. The lowest BCUT2D eigenvalue weighted by molar-refractivity contribution is 0.240. The molecule has 0 N–H and O–H groups in total. The molecule has 1 saturated heterocycles. The van der Waals surface area contributed by atoms with E-state index in [9.17, 15) is 13.2 Å². The standard InChI is InChI=1S/C17H20ClFN4O3S/c1-8-5-21(3)6-10-7-27(25,26)15-11-14(13(19)9(2)12(15)18)22(4)17(24)20-16(11)23(8)10/h8,10H,5-7H2,1-4H3. The van der Waals surface area contributed by atoms with Gasteiger partial charge < -0.3 is 9.80 Å². The molecule has 1 fully saturated rings. The molecule has 0 saturated carbocycles. The number of sulfone groups is 1. The summed E-state index contributed by atoms with van der Waals surface area (Å²) in [5.41, 5.74) is -0.689. The maximum atomic E-state index is 15.1. The Balaban J connectivity index is 2.25. The fourth-order valence-corrected chi connectivity index (χ4v) is 6.76. The summed E-state index contributed by atoms with van der Waals surface area (Å²) in [5.74, 6) is -0.663. The Morgan fingerprint density at radius 1 is 1.26 bits per heavy atom. The van der Waals surface area contributed by atoms with Gasteiger partial charge in [-0.15, -0.1) is 0 Å². The van der Waals surface area contributed by atoms with Crippen molar-refractivity contribution in [1.82, 2.24) is 14.5 Å². The van der Waals surface area contributed by atoms with Crippen molar-refractivity contribution in [2.24, 2.45) is 7.05 Å². The van der Waals surface area contributed by atoms with Crippen LogP contribution in [0.2, 0.25) is 5.02 Å². The number of likely N-dealkylation sites (N-methyl/N-ethyl adjacent to an activating group) is 1. The first kappa shape index (κ1) is 18.6. The molecule has 0 bridgehead atoms. The summed E-state index contributed by atoms with van der Waals surface area (Å²) >= 11 is 6.33. The Morgan fingerprint density at radius 2 is 1.93 bits per heavy atom. The monoisotopic (exact) mass is 414 g/mol. The van der Waals surface area contributed by atoms with Crippen molar-refractivity contribution < 1.29 is 12.8 Å². The summed E-state index contributed by atoms with van der Waals surface area (Å²) in [5, 5.41) is -0.0355. The van der Waals surface area contributed by atoms with Crippen molar-refractivity contribution >= 4 is 38.2 Å². The predicted octanol–water partition coefficient (Wildman–Crippen LogP) is 1.33. The Hall–Kier alpha value is -1.71. The van der Waals surface area contributed by atoms with Crippen molar-refractivity contribution in [3.05, 3.63) is 26.9 Å². The molecule has 1 aromatic carbocycles. The minimum Gasteiger partial charge on any atom is -0.347 e. The van der Waals surface area contributed by atoms with Gasteiger partial charge in [-0.1, -0.05) is 11.6 Å². The van der Waals surface area contributed by atoms with Gasteiger partial charge in [0.25, 0.3) is 0 Å². The number of fused-ring (bicyclic) bond motifs is 2. The summed E-state index contributed by atoms with van der Waals surface area (Å²) in [6.07, 6.45) is 0. The highest BCUT2D eigenvalue weighted by Gasteiger charge is 2.42. The number of anilines is 1. The minimum atomic E-state index is -3.82. The van der Waals surface area contributed by atoms with Gasteiger partial charge in [-0.05, 0) is 20.9 Å². The molecule has 0 radical (unpaired) electrons.